The van der Waals surface area contributed by atoms with Crippen LogP contribution in [0.2, 0.25) is 0 Å². The number of benzene rings is 1. The van der Waals surface area contributed by atoms with Crippen molar-refractivity contribution in [3.8, 4) is 11.5 Å². The highest BCUT2D eigenvalue weighted by atomic mass is 16.5. The van der Waals surface area contributed by atoms with Crippen LogP contribution in [-0.2, 0) is 4.79 Å². The first-order valence-electron chi connectivity index (χ1n) is 8.21. The smallest absolute Gasteiger partial charge is 0.326 e. The summed E-state index contributed by atoms with van der Waals surface area (Å²) in [5.74, 6) is 0.130. The van der Waals surface area contributed by atoms with Crippen LogP contribution in [0.1, 0.15) is 44.0 Å². The Kier molecular flexibility index (Phi) is 5.70. The lowest BCUT2D eigenvalue weighted by Gasteiger charge is -2.26. The molecule has 1 amide bonds. The summed E-state index contributed by atoms with van der Waals surface area (Å²) in [6.07, 6.45) is 1.69. The van der Waals surface area contributed by atoms with Gasteiger partial charge in [-0.3, -0.25) is 4.79 Å². The van der Waals surface area contributed by atoms with Crippen LogP contribution in [-0.4, -0.2) is 47.7 Å². The van der Waals surface area contributed by atoms with E-state index in [0.717, 1.165) is 12.8 Å². The van der Waals surface area contributed by atoms with E-state index in [1.807, 2.05) is 13.8 Å². The van der Waals surface area contributed by atoms with Gasteiger partial charge in [0.15, 0.2) is 11.5 Å². The summed E-state index contributed by atoms with van der Waals surface area (Å²) in [6.45, 7) is 6.18. The zero-order valence-electron chi connectivity index (χ0n) is 14.6. The molecule has 0 radical (unpaired) electrons. The number of methoxy groups -OCH3 is 1. The highest BCUT2D eigenvalue weighted by Crippen LogP contribution is 2.33. The minimum absolute atomic E-state index is 0.00598. The molecule has 0 saturated heterocycles. The lowest BCUT2D eigenvalue weighted by molar-refractivity contribution is -0.141. The summed E-state index contributed by atoms with van der Waals surface area (Å²) in [7, 11) is 1.52. The number of carbonyl (C=O) groups is 2. The van der Waals surface area contributed by atoms with Crippen molar-refractivity contribution in [1.29, 1.82) is 0 Å². The molecular formula is C18H25NO5. The monoisotopic (exact) mass is 335 g/mol. The number of carbonyl (C=O) groups excluding carboxylic acids is 1. The molecule has 0 bridgehead atoms. The Labute approximate surface area is 142 Å². The van der Waals surface area contributed by atoms with Crippen LogP contribution in [0.4, 0.5) is 0 Å². The molecule has 1 aromatic rings. The third-order valence-corrected chi connectivity index (χ3v) is 3.93. The van der Waals surface area contributed by atoms with Crippen molar-refractivity contribution in [1.82, 2.24) is 4.90 Å². The van der Waals surface area contributed by atoms with E-state index in [-0.39, 0.29) is 11.9 Å². The number of nitrogens with zero attached hydrogens (tertiary/aromatic N) is 1. The predicted molar refractivity (Wildman–Crippen MR) is 89.6 cm³/mol. The molecule has 2 rings (SSSR count). The largest absolute Gasteiger partial charge is 0.493 e. The molecule has 6 heteroatoms. The van der Waals surface area contributed by atoms with E-state index in [4.69, 9.17) is 9.47 Å². The first-order chi connectivity index (χ1) is 11.3. The summed E-state index contributed by atoms with van der Waals surface area (Å²) >= 11 is 0. The lowest BCUT2D eigenvalue weighted by atomic mass is 10.1. The van der Waals surface area contributed by atoms with E-state index >= 15 is 0 Å². The Hall–Kier alpha value is -2.24. The van der Waals surface area contributed by atoms with Gasteiger partial charge in [-0.25, -0.2) is 4.79 Å². The number of aliphatic carboxylic acids is 1. The van der Waals surface area contributed by atoms with Crippen LogP contribution in [0, 0.1) is 5.92 Å². The van der Waals surface area contributed by atoms with Gasteiger partial charge in [0, 0.05) is 11.6 Å². The number of hydrogen-bond acceptors (Lipinski definition) is 4. The molecule has 1 N–H and O–H groups in total. The molecule has 6 nitrogen and oxygen atoms in total. The minimum atomic E-state index is -1.00. The molecular weight excluding hydrogens is 310 g/mol. The highest BCUT2D eigenvalue weighted by molar-refractivity contribution is 5.97. The second-order valence-corrected chi connectivity index (χ2v) is 6.53. The Morgan fingerprint density at radius 1 is 1.25 bits per heavy atom. The molecule has 1 aliphatic carbocycles. The normalized spacial score (nSPS) is 15.0. The Bertz CT molecular complexity index is 609. The molecule has 1 unspecified atom stereocenters. The number of amides is 1. The van der Waals surface area contributed by atoms with Crippen molar-refractivity contribution in [3.05, 3.63) is 23.8 Å². The van der Waals surface area contributed by atoms with E-state index in [9.17, 15) is 14.7 Å². The summed E-state index contributed by atoms with van der Waals surface area (Å²) < 4.78 is 11.0. The molecule has 1 atom stereocenters. The Morgan fingerprint density at radius 3 is 2.42 bits per heavy atom. The van der Waals surface area contributed by atoms with Crippen molar-refractivity contribution < 1.29 is 24.2 Å². The molecule has 24 heavy (non-hydrogen) atoms. The van der Waals surface area contributed by atoms with E-state index in [1.165, 1.54) is 18.9 Å². The molecule has 0 spiro atoms. The summed E-state index contributed by atoms with van der Waals surface area (Å²) in [5, 5.41) is 9.25. The standard InChI is InChI=1S/C18H25NO5/c1-11(2)10-24-15-8-5-13(9-16(15)23-4)17(20)19(14-6-7-14)12(3)18(21)22/h5,8-9,11-12,14H,6-7,10H2,1-4H3,(H,21,22). The highest BCUT2D eigenvalue weighted by Gasteiger charge is 2.38. The van der Waals surface area contributed by atoms with Gasteiger partial charge in [0.2, 0.25) is 0 Å². The zero-order chi connectivity index (χ0) is 17.9. The second-order valence-electron chi connectivity index (χ2n) is 6.53. The maximum absolute atomic E-state index is 12.8. The molecule has 1 aromatic carbocycles. The van der Waals surface area contributed by atoms with Crippen LogP contribution >= 0.6 is 0 Å². The molecule has 0 heterocycles. The number of carboxylic acid groups (broad SMARTS) is 1. The third-order valence-electron chi connectivity index (χ3n) is 3.93. The first-order valence-corrected chi connectivity index (χ1v) is 8.21. The van der Waals surface area contributed by atoms with Crippen molar-refractivity contribution in [2.75, 3.05) is 13.7 Å². The molecule has 132 valence electrons. The fourth-order valence-electron chi connectivity index (χ4n) is 2.45. The molecule has 1 saturated carbocycles. The molecule has 0 aliphatic heterocycles. The zero-order valence-corrected chi connectivity index (χ0v) is 14.6. The number of rotatable bonds is 8. The molecule has 0 aromatic heterocycles. The Morgan fingerprint density at radius 2 is 1.92 bits per heavy atom. The fourth-order valence-corrected chi connectivity index (χ4v) is 2.45. The number of hydrogen-bond donors (Lipinski definition) is 1. The van der Waals surface area contributed by atoms with Crippen molar-refractivity contribution in [2.24, 2.45) is 5.92 Å². The maximum atomic E-state index is 12.8. The minimum Gasteiger partial charge on any atom is -0.493 e. The quantitative estimate of drug-likeness (QED) is 0.790. The lowest BCUT2D eigenvalue weighted by Crippen LogP contribution is -2.44. The summed E-state index contributed by atoms with van der Waals surface area (Å²) in [6, 6.07) is 4.12. The van der Waals surface area contributed by atoms with Gasteiger partial charge < -0.3 is 19.5 Å². The SMILES string of the molecule is COc1cc(C(=O)N(C2CC2)C(C)C(=O)O)ccc1OCC(C)C. The third kappa shape index (κ3) is 4.19. The van der Waals surface area contributed by atoms with Gasteiger partial charge in [-0.05, 0) is 43.9 Å². The molecule has 1 aliphatic rings. The van der Waals surface area contributed by atoms with Crippen LogP contribution in [0.25, 0.3) is 0 Å². The summed E-state index contributed by atoms with van der Waals surface area (Å²) in [4.78, 5) is 25.5. The topological polar surface area (TPSA) is 76.1 Å². The summed E-state index contributed by atoms with van der Waals surface area (Å²) in [5.41, 5.74) is 0.406. The Balaban J connectivity index is 2.23. The van der Waals surface area contributed by atoms with Gasteiger partial charge in [0.05, 0.1) is 13.7 Å². The van der Waals surface area contributed by atoms with Gasteiger partial charge in [0.1, 0.15) is 6.04 Å². The first kappa shape index (κ1) is 18.1. The van der Waals surface area contributed by atoms with Crippen LogP contribution < -0.4 is 9.47 Å². The van der Waals surface area contributed by atoms with Crippen LogP contribution in [0.5, 0.6) is 11.5 Å². The van der Waals surface area contributed by atoms with Crippen LogP contribution in [0.15, 0.2) is 18.2 Å². The van der Waals surface area contributed by atoms with Gasteiger partial charge >= 0.3 is 5.97 Å². The van der Waals surface area contributed by atoms with Gasteiger partial charge in [-0.15, -0.1) is 0 Å². The predicted octanol–water partition coefficient (Wildman–Crippen LogP) is 2.81. The average molecular weight is 335 g/mol. The maximum Gasteiger partial charge on any atom is 0.326 e. The molecule has 1 fully saturated rings. The van der Waals surface area contributed by atoms with Crippen molar-refractivity contribution in [3.63, 3.8) is 0 Å². The number of ether oxygens (including phenoxy) is 2. The van der Waals surface area contributed by atoms with E-state index in [0.29, 0.717) is 29.6 Å². The fraction of sp³-hybridized carbons (Fsp3) is 0.556. The number of carboxylic acids is 1. The van der Waals surface area contributed by atoms with E-state index in [2.05, 4.69) is 0 Å². The van der Waals surface area contributed by atoms with Gasteiger partial charge in [-0.2, -0.15) is 0 Å². The van der Waals surface area contributed by atoms with E-state index in [1.54, 1.807) is 18.2 Å². The van der Waals surface area contributed by atoms with Crippen molar-refractivity contribution in [2.45, 2.75) is 45.7 Å². The van der Waals surface area contributed by atoms with Gasteiger partial charge in [0.25, 0.3) is 5.91 Å². The van der Waals surface area contributed by atoms with E-state index < -0.39 is 12.0 Å². The van der Waals surface area contributed by atoms with Crippen molar-refractivity contribution >= 4 is 11.9 Å². The van der Waals surface area contributed by atoms with Gasteiger partial charge in [-0.1, -0.05) is 13.8 Å². The second kappa shape index (κ2) is 7.55. The van der Waals surface area contributed by atoms with Crippen LogP contribution in [0.3, 0.4) is 0 Å². The average Bonchev–Trinajstić information content (AvgIpc) is 3.37.